The van der Waals surface area contributed by atoms with Gasteiger partial charge in [0.25, 0.3) is 0 Å². The largest absolute Gasteiger partial charge is 0.377 e. The summed E-state index contributed by atoms with van der Waals surface area (Å²) in [4.78, 5) is 4.50. The Morgan fingerprint density at radius 3 is 2.63 bits per heavy atom. The lowest BCUT2D eigenvalue weighted by Gasteiger charge is -2.54. The number of nitrogens with zero attached hydrogens (tertiary/aromatic N) is 1. The molecule has 3 unspecified atom stereocenters. The maximum Gasteiger partial charge on any atom is 0.213 e. The van der Waals surface area contributed by atoms with E-state index in [4.69, 9.17) is 4.74 Å². The molecule has 2 saturated carbocycles. The quantitative estimate of drug-likeness (QED) is 0.261. The number of fused-ring (bicyclic) bond motifs is 1. The Labute approximate surface area is 180 Å². The van der Waals surface area contributed by atoms with Crippen LogP contribution in [0.5, 0.6) is 0 Å². The molecule has 0 aromatic heterocycles. The molecular weight excluding hydrogens is 479 g/mol. The zero-order valence-electron chi connectivity index (χ0n) is 16.7. The molecule has 7 nitrogen and oxygen atoms in total. The molecule has 1 aliphatic heterocycles. The van der Waals surface area contributed by atoms with Gasteiger partial charge < -0.3 is 15.4 Å². The van der Waals surface area contributed by atoms with Gasteiger partial charge in [0, 0.05) is 37.1 Å². The SMILES string of the molecule is CCNC(=NCCS(=O)(=O)NCC1CCC1)NC1C2CCOC2C1(C)C.I. The van der Waals surface area contributed by atoms with Crippen LogP contribution in [0.1, 0.15) is 46.5 Å². The molecule has 1 heterocycles. The van der Waals surface area contributed by atoms with Crippen molar-refractivity contribution in [3.63, 3.8) is 0 Å². The van der Waals surface area contributed by atoms with Crippen LogP contribution in [0.25, 0.3) is 0 Å². The average molecular weight is 514 g/mol. The molecule has 0 radical (unpaired) electrons. The van der Waals surface area contributed by atoms with Gasteiger partial charge in [0.15, 0.2) is 5.96 Å². The van der Waals surface area contributed by atoms with Crippen molar-refractivity contribution in [2.45, 2.75) is 58.6 Å². The van der Waals surface area contributed by atoms with E-state index in [-0.39, 0.29) is 41.7 Å². The van der Waals surface area contributed by atoms with E-state index in [0.717, 1.165) is 32.4 Å². The standard InChI is InChI=1S/C18H34N4O3S.HI/c1-4-19-17(22-15-14-8-10-25-16(14)18(15,2)3)20-9-11-26(23,24)21-12-13-6-5-7-13;/h13-16,21H,4-12H2,1-3H3,(H2,19,20,22);1H. The van der Waals surface area contributed by atoms with Crippen LogP contribution in [0.2, 0.25) is 0 Å². The highest BCUT2D eigenvalue weighted by Crippen LogP contribution is 2.52. The Hall–Kier alpha value is -0.130. The second-order valence-corrected chi connectivity index (χ2v) is 10.3. The molecule has 0 bridgehead atoms. The monoisotopic (exact) mass is 514 g/mol. The Morgan fingerprint density at radius 2 is 2.00 bits per heavy atom. The van der Waals surface area contributed by atoms with Crippen LogP contribution >= 0.6 is 24.0 Å². The van der Waals surface area contributed by atoms with Crippen molar-refractivity contribution in [2.75, 3.05) is 32.0 Å². The minimum atomic E-state index is -3.25. The molecule has 1 saturated heterocycles. The maximum absolute atomic E-state index is 12.1. The van der Waals surface area contributed by atoms with Crippen LogP contribution in [0.15, 0.2) is 4.99 Å². The van der Waals surface area contributed by atoms with Crippen LogP contribution in [-0.4, -0.2) is 58.5 Å². The molecule has 3 rings (SSSR count). The summed E-state index contributed by atoms with van der Waals surface area (Å²) < 4.78 is 32.8. The summed E-state index contributed by atoms with van der Waals surface area (Å²) in [6.07, 6.45) is 4.89. The molecule has 27 heavy (non-hydrogen) atoms. The van der Waals surface area contributed by atoms with Gasteiger partial charge in [0.05, 0.1) is 18.4 Å². The Bertz CT molecular complexity index is 622. The topological polar surface area (TPSA) is 91.8 Å². The second-order valence-electron chi connectivity index (χ2n) is 8.41. The maximum atomic E-state index is 12.1. The lowest BCUT2D eigenvalue weighted by Crippen LogP contribution is -2.68. The fourth-order valence-corrected chi connectivity index (χ4v) is 5.34. The van der Waals surface area contributed by atoms with Crippen molar-refractivity contribution in [1.29, 1.82) is 0 Å². The molecule has 0 spiro atoms. The number of hydrogen-bond acceptors (Lipinski definition) is 4. The zero-order chi connectivity index (χ0) is 18.8. The van der Waals surface area contributed by atoms with E-state index in [1.54, 1.807) is 0 Å². The van der Waals surface area contributed by atoms with Crippen LogP contribution in [-0.2, 0) is 14.8 Å². The summed E-state index contributed by atoms with van der Waals surface area (Å²) in [5.41, 5.74) is 0.0633. The van der Waals surface area contributed by atoms with Crippen LogP contribution in [0.4, 0.5) is 0 Å². The van der Waals surface area contributed by atoms with Gasteiger partial charge in [-0.3, -0.25) is 4.99 Å². The minimum absolute atomic E-state index is 0. The highest BCUT2D eigenvalue weighted by atomic mass is 127. The summed E-state index contributed by atoms with van der Waals surface area (Å²) in [5, 5.41) is 6.75. The summed E-state index contributed by atoms with van der Waals surface area (Å²) in [6.45, 7) is 8.86. The number of rotatable bonds is 8. The predicted octanol–water partition coefficient (Wildman–Crippen LogP) is 1.69. The van der Waals surface area contributed by atoms with Gasteiger partial charge in [-0.25, -0.2) is 13.1 Å². The molecular formula is C18H35IN4O3S. The lowest BCUT2D eigenvalue weighted by atomic mass is 9.57. The van der Waals surface area contributed by atoms with E-state index in [2.05, 4.69) is 34.2 Å². The van der Waals surface area contributed by atoms with Gasteiger partial charge in [-0.05, 0) is 32.1 Å². The summed E-state index contributed by atoms with van der Waals surface area (Å²) >= 11 is 0. The number of aliphatic imine (C=N–C) groups is 1. The average Bonchev–Trinajstić information content (AvgIpc) is 2.97. The Balaban J connectivity index is 0.00000261. The van der Waals surface area contributed by atoms with Crippen molar-refractivity contribution in [3.05, 3.63) is 0 Å². The van der Waals surface area contributed by atoms with E-state index in [9.17, 15) is 8.42 Å². The third-order valence-corrected chi connectivity index (χ3v) is 7.51. The highest BCUT2D eigenvalue weighted by molar-refractivity contribution is 14.0. The molecule has 3 atom stereocenters. The van der Waals surface area contributed by atoms with Gasteiger partial charge in [0.2, 0.25) is 10.0 Å². The summed E-state index contributed by atoms with van der Waals surface area (Å²) in [7, 11) is -3.25. The lowest BCUT2D eigenvalue weighted by molar-refractivity contribution is -0.106. The summed E-state index contributed by atoms with van der Waals surface area (Å²) in [5.74, 6) is 1.76. The number of guanidine groups is 1. The minimum Gasteiger partial charge on any atom is -0.377 e. The normalized spacial score (nSPS) is 29.9. The van der Waals surface area contributed by atoms with Crippen molar-refractivity contribution in [2.24, 2.45) is 22.2 Å². The molecule has 3 fully saturated rings. The van der Waals surface area contributed by atoms with E-state index < -0.39 is 10.0 Å². The molecule has 0 amide bonds. The molecule has 158 valence electrons. The van der Waals surface area contributed by atoms with Gasteiger partial charge in [-0.15, -0.1) is 24.0 Å². The fraction of sp³-hybridized carbons (Fsp3) is 0.944. The van der Waals surface area contributed by atoms with Gasteiger partial charge >= 0.3 is 0 Å². The number of hydrogen-bond donors (Lipinski definition) is 3. The number of nitrogens with one attached hydrogen (secondary N) is 3. The Kier molecular flexibility index (Phi) is 8.21. The van der Waals surface area contributed by atoms with Crippen molar-refractivity contribution in [1.82, 2.24) is 15.4 Å². The number of halogens is 1. The molecule has 2 aliphatic carbocycles. The fourth-order valence-electron chi connectivity index (χ4n) is 4.38. The van der Waals surface area contributed by atoms with E-state index in [1.807, 2.05) is 6.92 Å². The molecule has 0 aromatic carbocycles. The van der Waals surface area contributed by atoms with E-state index in [1.165, 1.54) is 6.42 Å². The van der Waals surface area contributed by atoms with E-state index in [0.29, 0.717) is 36.5 Å². The van der Waals surface area contributed by atoms with Gasteiger partial charge in [-0.2, -0.15) is 0 Å². The third-order valence-electron chi connectivity index (χ3n) is 6.18. The molecule has 3 N–H and O–H groups in total. The van der Waals surface area contributed by atoms with Crippen molar-refractivity contribution in [3.8, 4) is 0 Å². The number of ether oxygens (including phenoxy) is 1. The molecule has 0 aromatic rings. The van der Waals surface area contributed by atoms with Gasteiger partial charge in [0.1, 0.15) is 0 Å². The Morgan fingerprint density at radius 1 is 1.26 bits per heavy atom. The molecule has 3 aliphatic rings. The van der Waals surface area contributed by atoms with Gasteiger partial charge in [-0.1, -0.05) is 20.3 Å². The van der Waals surface area contributed by atoms with Crippen LogP contribution < -0.4 is 15.4 Å². The van der Waals surface area contributed by atoms with Crippen molar-refractivity contribution < 1.29 is 13.2 Å². The number of sulfonamides is 1. The van der Waals surface area contributed by atoms with Crippen LogP contribution in [0, 0.1) is 17.3 Å². The van der Waals surface area contributed by atoms with Crippen molar-refractivity contribution >= 4 is 40.0 Å². The highest BCUT2D eigenvalue weighted by Gasteiger charge is 2.59. The smallest absolute Gasteiger partial charge is 0.213 e. The second kappa shape index (κ2) is 9.58. The predicted molar refractivity (Wildman–Crippen MR) is 119 cm³/mol. The first-order chi connectivity index (χ1) is 12.3. The molecule has 9 heteroatoms. The third kappa shape index (κ3) is 5.48. The first kappa shape index (κ1) is 23.2. The van der Waals surface area contributed by atoms with E-state index >= 15 is 0 Å². The zero-order valence-corrected chi connectivity index (χ0v) is 19.8. The first-order valence-corrected chi connectivity index (χ1v) is 11.6. The first-order valence-electron chi connectivity index (χ1n) is 9.97. The summed E-state index contributed by atoms with van der Waals surface area (Å²) in [6, 6.07) is 0.307. The van der Waals surface area contributed by atoms with Crippen LogP contribution in [0.3, 0.4) is 0 Å².